The second kappa shape index (κ2) is 6.72. The van der Waals surface area contributed by atoms with E-state index in [0.29, 0.717) is 6.04 Å². The van der Waals surface area contributed by atoms with Crippen LogP contribution >= 0.6 is 0 Å². The van der Waals surface area contributed by atoms with E-state index in [4.69, 9.17) is 9.47 Å². The lowest BCUT2D eigenvalue weighted by Crippen LogP contribution is -2.45. The largest absolute Gasteiger partial charge is 0.493 e. The van der Waals surface area contributed by atoms with Crippen molar-refractivity contribution >= 4 is 0 Å². The first-order chi connectivity index (χ1) is 11.0. The summed E-state index contributed by atoms with van der Waals surface area (Å²) in [5.41, 5.74) is 2.90. The van der Waals surface area contributed by atoms with Crippen molar-refractivity contribution in [1.29, 1.82) is 0 Å². The summed E-state index contributed by atoms with van der Waals surface area (Å²) in [6, 6.07) is 4.97. The molecule has 23 heavy (non-hydrogen) atoms. The van der Waals surface area contributed by atoms with E-state index in [1.165, 1.54) is 37.1 Å². The van der Waals surface area contributed by atoms with Crippen LogP contribution in [0.2, 0.25) is 0 Å². The van der Waals surface area contributed by atoms with Crippen LogP contribution in [0.4, 0.5) is 0 Å². The number of methoxy groups -OCH3 is 2. The van der Waals surface area contributed by atoms with E-state index in [0.717, 1.165) is 35.7 Å². The molecule has 2 aliphatic rings. The average Bonchev–Trinajstić information content (AvgIpc) is 2.53. The third-order valence-electron chi connectivity index (χ3n) is 5.76. The van der Waals surface area contributed by atoms with E-state index in [1.54, 1.807) is 14.2 Å². The van der Waals surface area contributed by atoms with Gasteiger partial charge in [0.1, 0.15) is 0 Å². The lowest BCUT2D eigenvalue weighted by Gasteiger charge is -2.47. The molecule has 0 spiro atoms. The molecule has 3 atom stereocenters. The van der Waals surface area contributed by atoms with E-state index in [2.05, 4.69) is 37.8 Å². The molecule has 2 heterocycles. The first-order valence-corrected chi connectivity index (χ1v) is 9.02. The van der Waals surface area contributed by atoms with E-state index >= 15 is 0 Å². The van der Waals surface area contributed by atoms with Gasteiger partial charge in [0.05, 0.1) is 14.2 Å². The minimum Gasteiger partial charge on any atom is -0.493 e. The first kappa shape index (κ1) is 16.6. The highest BCUT2D eigenvalue weighted by atomic mass is 16.5. The van der Waals surface area contributed by atoms with Crippen LogP contribution in [0.1, 0.15) is 50.8 Å². The molecular weight excluding hydrogens is 286 g/mol. The maximum absolute atomic E-state index is 5.54. The van der Waals surface area contributed by atoms with E-state index < -0.39 is 0 Å². The number of nitrogens with zero attached hydrogens (tertiary/aromatic N) is 1. The summed E-state index contributed by atoms with van der Waals surface area (Å²) < 4.78 is 11.0. The SMILES string of the molecule is COc1cc2c(cc1OC)C1C[C@H](C)[C@H](CC(C)C)CN1CC2. The number of fused-ring (bicyclic) bond motifs is 3. The molecule has 1 aromatic rings. The Balaban J connectivity index is 1.87. The monoisotopic (exact) mass is 317 g/mol. The number of hydrogen-bond acceptors (Lipinski definition) is 3. The zero-order valence-corrected chi connectivity index (χ0v) is 15.3. The predicted octanol–water partition coefficient (Wildman–Crippen LogP) is 4.31. The van der Waals surface area contributed by atoms with Crippen LogP contribution in [0.3, 0.4) is 0 Å². The van der Waals surface area contributed by atoms with Crippen LogP contribution in [0.25, 0.3) is 0 Å². The molecule has 3 nitrogen and oxygen atoms in total. The summed E-state index contributed by atoms with van der Waals surface area (Å²) in [4.78, 5) is 2.71. The van der Waals surface area contributed by atoms with Gasteiger partial charge < -0.3 is 9.47 Å². The maximum Gasteiger partial charge on any atom is 0.161 e. The lowest BCUT2D eigenvalue weighted by atomic mass is 9.75. The molecule has 0 saturated carbocycles. The van der Waals surface area contributed by atoms with Gasteiger partial charge in [0.25, 0.3) is 0 Å². The van der Waals surface area contributed by atoms with Gasteiger partial charge in [-0.1, -0.05) is 20.8 Å². The molecule has 0 bridgehead atoms. The Kier molecular flexibility index (Phi) is 4.86. The molecule has 0 radical (unpaired) electrons. The highest BCUT2D eigenvalue weighted by Crippen LogP contribution is 2.45. The Labute approximate surface area is 141 Å². The Morgan fingerprint density at radius 2 is 1.87 bits per heavy atom. The first-order valence-electron chi connectivity index (χ1n) is 9.02. The van der Waals surface area contributed by atoms with Gasteiger partial charge in [-0.15, -0.1) is 0 Å². The van der Waals surface area contributed by atoms with Crippen molar-refractivity contribution in [3.63, 3.8) is 0 Å². The summed E-state index contributed by atoms with van der Waals surface area (Å²) >= 11 is 0. The Hall–Kier alpha value is -1.22. The smallest absolute Gasteiger partial charge is 0.161 e. The predicted molar refractivity (Wildman–Crippen MR) is 94.3 cm³/mol. The van der Waals surface area contributed by atoms with Crippen molar-refractivity contribution in [3.8, 4) is 11.5 Å². The molecule has 0 N–H and O–H groups in total. The van der Waals surface area contributed by atoms with Crippen LogP contribution < -0.4 is 9.47 Å². The van der Waals surface area contributed by atoms with Crippen molar-refractivity contribution in [1.82, 2.24) is 4.90 Å². The standard InChI is InChI=1S/C20H31NO2/c1-13(2)8-16-12-21-7-6-15-10-19(22-4)20(23-5)11-17(15)18(21)9-14(16)3/h10-11,13-14,16,18H,6-9,12H2,1-5H3/t14-,16+,18?/m0/s1. The molecule has 2 aliphatic heterocycles. The molecule has 1 aromatic carbocycles. The Bertz CT molecular complexity index is 555. The summed E-state index contributed by atoms with van der Waals surface area (Å²) in [6.07, 6.45) is 3.73. The summed E-state index contributed by atoms with van der Waals surface area (Å²) in [6.45, 7) is 9.56. The highest BCUT2D eigenvalue weighted by molar-refractivity contribution is 5.49. The third kappa shape index (κ3) is 3.21. The molecular formula is C20H31NO2. The van der Waals surface area contributed by atoms with Gasteiger partial charge >= 0.3 is 0 Å². The fourth-order valence-corrected chi connectivity index (χ4v) is 4.51. The number of benzene rings is 1. The van der Waals surface area contributed by atoms with Gasteiger partial charge in [-0.25, -0.2) is 0 Å². The quantitative estimate of drug-likeness (QED) is 0.826. The van der Waals surface area contributed by atoms with Crippen LogP contribution in [-0.4, -0.2) is 32.2 Å². The van der Waals surface area contributed by atoms with Crippen molar-refractivity contribution in [2.75, 3.05) is 27.3 Å². The van der Waals surface area contributed by atoms with Crippen molar-refractivity contribution in [2.45, 2.75) is 46.1 Å². The molecule has 1 saturated heterocycles. The topological polar surface area (TPSA) is 21.7 Å². The number of rotatable bonds is 4. The highest BCUT2D eigenvalue weighted by Gasteiger charge is 2.37. The zero-order chi connectivity index (χ0) is 16.6. The van der Waals surface area contributed by atoms with Crippen molar-refractivity contribution < 1.29 is 9.47 Å². The Morgan fingerprint density at radius 3 is 2.52 bits per heavy atom. The zero-order valence-electron chi connectivity index (χ0n) is 15.3. The van der Waals surface area contributed by atoms with Crippen LogP contribution in [-0.2, 0) is 6.42 Å². The second-order valence-electron chi connectivity index (χ2n) is 7.77. The molecule has 128 valence electrons. The van der Waals surface area contributed by atoms with Gasteiger partial charge in [-0.3, -0.25) is 4.90 Å². The average molecular weight is 317 g/mol. The van der Waals surface area contributed by atoms with Gasteiger partial charge in [-0.2, -0.15) is 0 Å². The summed E-state index contributed by atoms with van der Waals surface area (Å²) in [5.74, 6) is 4.15. The lowest BCUT2D eigenvalue weighted by molar-refractivity contribution is 0.0515. The van der Waals surface area contributed by atoms with Crippen LogP contribution in [0, 0.1) is 17.8 Å². The number of piperidine rings is 1. The molecule has 0 amide bonds. The molecule has 1 unspecified atom stereocenters. The molecule has 0 aromatic heterocycles. The normalized spacial score (nSPS) is 27.5. The van der Waals surface area contributed by atoms with Crippen molar-refractivity contribution in [3.05, 3.63) is 23.3 Å². The van der Waals surface area contributed by atoms with Gasteiger partial charge in [-0.05, 0) is 60.3 Å². The fraction of sp³-hybridized carbons (Fsp3) is 0.700. The van der Waals surface area contributed by atoms with Gasteiger partial charge in [0.2, 0.25) is 0 Å². The maximum atomic E-state index is 5.54. The van der Waals surface area contributed by atoms with Crippen LogP contribution in [0.15, 0.2) is 12.1 Å². The number of ether oxygens (including phenoxy) is 2. The van der Waals surface area contributed by atoms with Gasteiger partial charge in [0, 0.05) is 19.1 Å². The molecule has 3 rings (SSSR count). The van der Waals surface area contributed by atoms with E-state index in [-0.39, 0.29) is 0 Å². The summed E-state index contributed by atoms with van der Waals surface area (Å²) in [5, 5.41) is 0. The van der Waals surface area contributed by atoms with E-state index in [1.807, 2.05) is 0 Å². The van der Waals surface area contributed by atoms with Crippen LogP contribution in [0.5, 0.6) is 11.5 Å². The minimum absolute atomic E-state index is 0.553. The number of hydrogen-bond donors (Lipinski definition) is 0. The Morgan fingerprint density at radius 1 is 1.17 bits per heavy atom. The summed E-state index contributed by atoms with van der Waals surface area (Å²) in [7, 11) is 3.45. The molecule has 0 aliphatic carbocycles. The molecule has 1 fully saturated rings. The third-order valence-corrected chi connectivity index (χ3v) is 5.76. The van der Waals surface area contributed by atoms with E-state index in [9.17, 15) is 0 Å². The minimum atomic E-state index is 0.553. The van der Waals surface area contributed by atoms with Gasteiger partial charge in [0.15, 0.2) is 11.5 Å². The second-order valence-corrected chi connectivity index (χ2v) is 7.77. The molecule has 3 heteroatoms. The fourth-order valence-electron chi connectivity index (χ4n) is 4.51. The van der Waals surface area contributed by atoms with Crippen molar-refractivity contribution in [2.24, 2.45) is 17.8 Å².